The number of fused-ring (bicyclic) bond motifs is 1. The minimum atomic E-state index is -0.627. The van der Waals surface area contributed by atoms with Crippen molar-refractivity contribution in [2.75, 3.05) is 23.8 Å². The lowest BCUT2D eigenvalue weighted by atomic mass is 10.1. The highest BCUT2D eigenvalue weighted by Crippen LogP contribution is 2.34. The van der Waals surface area contributed by atoms with Gasteiger partial charge in [0.05, 0.1) is 11.4 Å². The molecule has 0 radical (unpaired) electrons. The number of carbonyl (C=O) groups is 3. The van der Waals surface area contributed by atoms with E-state index >= 15 is 0 Å². The van der Waals surface area contributed by atoms with Crippen molar-refractivity contribution in [1.82, 2.24) is 0 Å². The summed E-state index contributed by atoms with van der Waals surface area (Å²) < 4.78 is 5.03. The largest absolute Gasteiger partial charge is 0.456 e. The van der Waals surface area contributed by atoms with E-state index in [9.17, 15) is 14.4 Å². The molecule has 1 amide bonds. The molecule has 0 fully saturated rings. The number of hydrogen-bond donors (Lipinski definition) is 0. The van der Waals surface area contributed by atoms with Crippen LogP contribution in [0.3, 0.4) is 0 Å². The molecule has 0 atom stereocenters. The zero-order chi connectivity index (χ0) is 17.8. The van der Waals surface area contributed by atoms with E-state index in [0.29, 0.717) is 16.3 Å². The number of esters is 1. The Labute approximate surface area is 153 Å². The van der Waals surface area contributed by atoms with Gasteiger partial charge in [0.25, 0.3) is 0 Å². The van der Waals surface area contributed by atoms with Crippen LogP contribution in [0.15, 0.2) is 53.4 Å². The average Bonchev–Trinajstić information content (AvgIpc) is 2.63. The average molecular weight is 376 g/mol. The molecule has 1 aliphatic heterocycles. The van der Waals surface area contributed by atoms with Gasteiger partial charge in [-0.2, -0.15) is 0 Å². The van der Waals surface area contributed by atoms with Gasteiger partial charge in [-0.1, -0.05) is 23.7 Å². The molecule has 25 heavy (non-hydrogen) atoms. The number of carbonyl (C=O) groups excluding carboxylic acids is 3. The van der Waals surface area contributed by atoms with Gasteiger partial charge in [0.1, 0.15) is 6.54 Å². The third-order valence-electron chi connectivity index (χ3n) is 3.63. The number of benzene rings is 2. The molecule has 0 N–H and O–H groups in total. The summed E-state index contributed by atoms with van der Waals surface area (Å²) in [5.74, 6) is -0.846. The van der Waals surface area contributed by atoms with Crippen LogP contribution in [0.25, 0.3) is 0 Å². The zero-order valence-corrected chi connectivity index (χ0v) is 14.7. The van der Waals surface area contributed by atoms with Crippen molar-refractivity contribution in [2.45, 2.75) is 4.90 Å². The van der Waals surface area contributed by atoms with Crippen LogP contribution in [0.2, 0.25) is 5.02 Å². The van der Waals surface area contributed by atoms with E-state index < -0.39 is 5.97 Å². The molecule has 128 valence electrons. The first-order chi connectivity index (χ1) is 12.0. The van der Waals surface area contributed by atoms with Gasteiger partial charge in [-0.05, 0) is 36.4 Å². The Morgan fingerprint density at radius 3 is 2.60 bits per heavy atom. The van der Waals surface area contributed by atoms with E-state index in [2.05, 4.69) is 0 Å². The molecule has 0 bridgehead atoms. The molecule has 0 aliphatic carbocycles. The third kappa shape index (κ3) is 4.21. The van der Waals surface area contributed by atoms with Crippen LogP contribution in [0.1, 0.15) is 10.4 Å². The standard InChI is InChI=1S/C18H14ClNO4S/c19-13-7-5-12(6-8-13)15(21)10-24-18(23)9-20-14-3-1-2-4-16(14)25-11-17(20)22/h1-8H,9-11H2. The first-order valence-electron chi connectivity index (χ1n) is 7.51. The fourth-order valence-corrected chi connectivity index (χ4v) is 3.43. The summed E-state index contributed by atoms with van der Waals surface area (Å²) in [7, 11) is 0. The summed E-state index contributed by atoms with van der Waals surface area (Å²) in [4.78, 5) is 38.5. The highest BCUT2D eigenvalue weighted by molar-refractivity contribution is 8.00. The maximum absolute atomic E-state index is 12.1. The second-order valence-electron chi connectivity index (χ2n) is 5.33. The molecule has 1 aliphatic rings. The highest BCUT2D eigenvalue weighted by atomic mass is 35.5. The Morgan fingerprint density at radius 2 is 1.84 bits per heavy atom. The Morgan fingerprint density at radius 1 is 1.12 bits per heavy atom. The summed E-state index contributed by atoms with van der Waals surface area (Å²) in [6, 6.07) is 13.7. The van der Waals surface area contributed by atoms with Gasteiger partial charge in [-0.25, -0.2) is 0 Å². The van der Waals surface area contributed by atoms with E-state index in [1.807, 2.05) is 12.1 Å². The summed E-state index contributed by atoms with van der Waals surface area (Å²) in [6.07, 6.45) is 0. The summed E-state index contributed by atoms with van der Waals surface area (Å²) >= 11 is 7.21. The molecule has 0 saturated carbocycles. The maximum Gasteiger partial charge on any atom is 0.326 e. The predicted octanol–water partition coefficient (Wildman–Crippen LogP) is 3.20. The fourth-order valence-electron chi connectivity index (χ4n) is 2.37. The quantitative estimate of drug-likeness (QED) is 0.593. The third-order valence-corrected chi connectivity index (χ3v) is 4.93. The Hall–Kier alpha value is -2.31. The van der Waals surface area contributed by atoms with E-state index in [1.165, 1.54) is 16.7 Å². The second kappa shape index (κ2) is 7.72. The van der Waals surface area contributed by atoms with Gasteiger partial charge in [0.2, 0.25) is 5.91 Å². The number of anilines is 1. The van der Waals surface area contributed by atoms with Crippen LogP contribution in [-0.4, -0.2) is 36.6 Å². The van der Waals surface area contributed by atoms with E-state index in [4.69, 9.17) is 16.3 Å². The van der Waals surface area contributed by atoms with E-state index in [-0.39, 0.29) is 30.6 Å². The Balaban J connectivity index is 1.60. The van der Waals surface area contributed by atoms with Gasteiger partial charge in [0.15, 0.2) is 12.4 Å². The van der Waals surface area contributed by atoms with Crippen molar-refractivity contribution in [1.29, 1.82) is 0 Å². The molecule has 2 aromatic carbocycles. The van der Waals surface area contributed by atoms with Crippen molar-refractivity contribution in [3.63, 3.8) is 0 Å². The van der Waals surface area contributed by atoms with Gasteiger partial charge in [-0.15, -0.1) is 11.8 Å². The summed E-state index contributed by atoms with van der Waals surface area (Å²) in [6.45, 7) is -0.594. The van der Waals surface area contributed by atoms with Crippen LogP contribution in [0.4, 0.5) is 5.69 Å². The second-order valence-corrected chi connectivity index (χ2v) is 6.78. The molecule has 0 spiro atoms. The highest BCUT2D eigenvalue weighted by Gasteiger charge is 2.26. The minimum Gasteiger partial charge on any atom is -0.456 e. The van der Waals surface area contributed by atoms with Crippen molar-refractivity contribution >= 4 is 46.7 Å². The molecule has 2 aromatic rings. The van der Waals surface area contributed by atoms with Crippen molar-refractivity contribution in [3.8, 4) is 0 Å². The minimum absolute atomic E-state index is 0.162. The Kier molecular flexibility index (Phi) is 5.40. The molecule has 5 nitrogen and oxygen atoms in total. The topological polar surface area (TPSA) is 63.7 Å². The molecule has 0 saturated heterocycles. The normalized spacial score (nSPS) is 13.3. The number of nitrogens with zero attached hydrogens (tertiary/aromatic N) is 1. The number of thioether (sulfide) groups is 1. The molecule has 0 aromatic heterocycles. The monoisotopic (exact) mass is 375 g/mol. The van der Waals surface area contributed by atoms with Gasteiger partial charge in [0, 0.05) is 15.5 Å². The number of amides is 1. The van der Waals surface area contributed by atoms with Crippen molar-refractivity contribution in [3.05, 3.63) is 59.1 Å². The predicted molar refractivity (Wildman–Crippen MR) is 96.3 cm³/mol. The first-order valence-corrected chi connectivity index (χ1v) is 8.87. The lowest BCUT2D eigenvalue weighted by Crippen LogP contribution is -2.40. The number of para-hydroxylation sites is 1. The fraction of sp³-hybridized carbons (Fsp3) is 0.167. The molecule has 0 unspecified atom stereocenters. The lowest BCUT2D eigenvalue weighted by Gasteiger charge is -2.27. The van der Waals surface area contributed by atoms with Crippen molar-refractivity contribution in [2.24, 2.45) is 0 Å². The number of Topliss-reactive ketones (excluding diaryl/α,β-unsaturated/α-hetero) is 1. The summed E-state index contributed by atoms with van der Waals surface area (Å²) in [5.41, 5.74) is 1.10. The first kappa shape index (κ1) is 17.5. The van der Waals surface area contributed by atoms with Crippen LogP contribution < -0.4 is 4.90 Å². The zero-order valence-electron chi connectivity index (χ0n) is 13.1. The van der Waals surface area contributed by atoms with Crippen molar-refractivity contribution < 1.29 is 19.1 Å². The molecular weight excluding hydrogens is 362 g/mol. The van der Waals surface area contributed by atoms with Crippen LogP contribution in [0.5, 0.6) is 0 Å². The molecule has 3 rings (SSSR count). The Bertz CT molecular complexity index is 822. The SMILES string of the molecule is O=C(CN1C(=O)CSc2ccccc21)OCC(=O)c1ccc(Cl)cc1. The number of ether oxygens (including phenoxy) is 1. The number of halogens is 1. The van der Waals surface area contributed by atoms with E-state index in [0.717, 1.165) is 4.90 Å². The molecule has 1 heterocycles. The van der Waals surface area contributed by atoms with Crippen LogP contribution >= 0.6 is 23.4 Å². The maximum atomic E-state index is 12.1. The van der Waals surface area contributed by atoms with Gasteiger partial charge in [-0.3, -0.25) is 19.3 Å². The van der Waals surface area contributed by atoms with Gasteiger partial charge >= 0.3 is 5.97 Å². The summed E-state index contributed by atoms with van der Waals surface area (Å²) in [5, 5.41) is 0.522. The van der Waals surface area contributed by atoms with Gasteiger partial charge < -0.3 is 4.74 Å². The van der Waals surface area contributed by atoms with E-state index in [1.54, 1.807) is 36.4 Å². The molecular formula is C18H14ClNO4S. The smallest absolute Gasteiger partial charge is 0.326 e. The number of ketones is 1. The van der Waals surface area contributed by atoms with Crippen LogP contribution in [-0.2, 0) is 14.3 Å². The number of hydrogen-bond acceptors (Lipinski definition) is 5. The lowest BCUT2D eigenvalue weighted by molar-refractivity contribution is -0.141. The van der Waals surface area contributed by atoms with Crippen LogP contribution in [0, 0.1) is 0 Å². The number of rotatable bonds is 5. The molecule has 7 heteroatoms.